The van der Waals surface area contributed by atoms with Crippen LogP contribution in [0.5, 0.6) is 0 Å². The molecule has 200 valence electrons. The van der Waals surface area contributed by atoms with E-state index in [-0.39, 0.29) is 31.8 Å². The van der Waals surface area contributed by atoms with Gasteiger partial charge in [-0.05, 0) is 12.8 Å². The smallest absolute Gasteiger partial charge is 0.326 e. The number of carboxylic acid groups (broad SMARTS) is 1. The Labute approximate surface area is 205 Å². The zero-order valence-corrected chi connectivity index (χ0v) is 19.3. The summed E-state index contributed by atoms with van der Waals surface area (Å²) in [5.74, 6) is -5.31. The lowest BCUT2D eigenvalue weighted by atomic mass is 10.1. The molecule has 4 atom stereocenters. The van der Waals surface area contributed by atoms with Crippen molar-refractivity contribution in [3.05, 3.63) is 18.2 Å². The van der Waals surface area contributed by atoms with Crippen molar-refractivity contribution in [3.8, 4) is 0 Å². The van der Waals surface area contributed by atoms with Crippen LogP contribution in [-0.2, 0) is 30.4 Å². The minimum absolute atomic E-state index is 0.0321. The first-order valence-electron chi connectivity index (χ1n) is 10.8. The lowest BCUT2D eigenvalue weighted by molar-refractivity contribution is -0.144. The van der Waals surface area contributed by atoms with Crippen LogP contribution in [0.3, 0.4) is 0 Å². The number of H-pyrrole nitrogens is 1. The first-order chi connectivity index (χ1) is 16.9. The molecule has 1 aromatic heterocycles. The number of aliphatic imine (C=N–C) groups is 1. The number of imidazole rings is 1. The predicted molar refractivity (Wildman–Crippen MR) is 125 cm³/mol. The molecule has 0 aromatic carbocycles. The summed E-state index contributed by atoms with van der Waals surface area (Å²) in [6, 6.07) is -5.51. The van der Waals surface area contributed by atoms with Gasteiger partial charge in [0.05, 0.1) is 25.4 Å². The van der Waals surface area contributed by atoms with Crippen LogP contribution in [0.25, 0.3) is 0 Å². The third-order valence-electron chi connectivity index (χ3n) is 4.75. The van der Waals surface area contributed by atoms with Crippen molar-refractivity contribution in [1.29, 1.82) is 0 Å². The largest absolute Gasteiger partial charge is 0.480 e. The van der Waals surface area contributed by atoms with Gasteiger partial charge in [-0.25, -0.2) is 9.78 Å². The van der Waals surface area contributed by atoms with Crippen molar-refractivity contribution in [2.24, 2.45) is 27.9 Å². The Morgan fingerprint density at radius 2 is 1.61 bits per heavy atom. The molecule has 0 bridgehead atoms. The monoisotopic (exact) mass is 512 g/mol. The van der Waals surface area contributed by atoms with E-state index in [1.165, 1.54) is 12.5 Å². The molecule has 0 saturated heterocycles. The lowest BCUT2D eigenvalue weighted by Gasteiger charge is -2.24. The maximum atomic E-state index is 12.9. The number of nitrogens with two attached hydrogens (primary N) is 4. The number of rotatable bonds is 16. The molecule has 4 amide bonds. The molecular weight excluding hydrogens is 480 g/mol. The highest BCUT2D eigenvalue weighted by atomic mass is 16.4. The number of aliphatic carboxylic acids is 1. The van der Waals surface area contributed by atoms with E-state index in [1.54, 1.807) is 0 Å². The van der Waals surface area contributed by atoms with Crippen LogP contribution in [0.2, 0.25) is 0 Å². The molecule has 36 heavy (non-hydrogen) atoms. The van der Waals surface area contributed by atoms with Gasteiger partial charge in [0.25, 0.3) is 0 Å². The number of carbonyl (C=O) groups excluding carboxylic acids is 4. The average Bonchev–Trinajstić information content (AvgIpc) is 3.30. The Balaban J connectivity index is 2.89. The summed E-state index contributed by atoms with van der Waals surface area (Å²) in [7, 11) is 0. The highest BCUT2D eigenvalue weighted by Gasteiger charge is 2.30. The SMILES string of the molecule is NC(=O)CC(NC(=O)C(CO)NC(=O)C(CCCN=C(N)N)NC(=O)C(N)Cc1cnc[nH]1)C(=O)O. The van der Waals surface area contributed by atoms with Crippen LogP contribution in [-0.4, -0.2) is 93.1 Å². The number of carboxylic acids is 1. The van der Waals surface area contributed by atoms with Crippen molar-refractivity contribution in [3.63, 3.8) is 0 Å². The van der Waals surface area contributed by atoms with E-state index in [0.717, 1.165) is 0 Å². The van der Waals surface area contributed by atoms with E-state index in [0.29, 0.717) is 5.69 Å². The van der Waals surface area contributed by atoms with Gasteiger partial charge in [0.2, 0.25) is 23.6 Å². The second kappa shape index (κ2) is 14.9. The molecule has 0 spiro atoms. The summed E-state index contributed by atoms with van der Waals surface area (Å²) in [6.07, 6.45) is 2.58. The van der Waals surface area contributed by atoms with Gasteiger partial charge < -0.3 is 54.1 Å². The third kappa shape index (κ3) is 10.8. The molecule has 0 saturated carbocycles. The van der Waals surface area contributed by atoms with Crippen LogP contribution >= 0.6 is 0 Å². The average molecular weight is 513 g/mol. The van der Waals surface area contributed by atoms with Gasteiger partial charge in [0.15, 0.2) is 5.96 Å². The summed E-state index contributed by atoms with van der Waals surface area (Å²) in [6.45, 7) is -0.770. The first-order valence-corrected chi connectivity index (χ1v) is 10.8. The van der Waals surface area contributed by atoms with Gasteiger partial charge in [0.1, 0.15) is 18.1 Å². The quantitative estimate of drug-likeness (QED) is 0.0566. The number of carbonyl (C=O) groups is 5. The zero-order chi connectivity index (χ0) is 27.3. The fourth-order valence-corrected chi connectivity index (χ4v) is 2.92. The molecule has 1 heterocycles. The van der Waals surface area contributed by atoms with E-state index < -0.39 is 66.8 Å². The Bertz CT molecular complexity index is 933. The normalized spacial score (nSPS) is 13.9. The number of hydrogen-bond acceptors (Lipinski definition) is 9. The number of aromatic nitrogens is 2. The molecule has 1 aromatic rings. The Morgan fingerprint density at radius 3 is 2.14 bits per heavy atom. The van der Waals surface area contributed by atoms with Gasteiger partial charge in [-0.3, -0.25) is 24.2 Å². The summed E-state index contributed by atoms with van der Waals surface area (Å²) >= 11 is 0. The minimum atomic E-state index is -1.67. The van der Waals surface area contributed by atoms with E-state index in [1.807, 2.05) is 5.32 Å². The first kappa shape index (κ1) is 29.8. The molecule has 0 fully saturated rings. The second-order valence-corrected chi connectivity index (χ2v) is 7.71. The van der Waals surface area contributed by atoms with E-state index >= 15 is 0 Å². The Kier molecular flexibility index (Phi) is 12.3. The molecule has 0 aliphatic rings. The fraction of sp³-hybridized carbons (Fsp3) is 0.526. The van der Waals surface area contributed by atoms with E-state index in [2.05, 4.69) is 25.6 Å². The van der Waals surface area contributed by atoms with Crippen molar-refractivity contribution in [2.75, 3.05) is 13.2 Å². The number of nitrogens with zero attached hydrogens (tertiary/aromatic N) is 2. The number of hydrogen-bond donors (Lipinski definition) is 10. The van der Waals surface area contributed by atoms with Crippen LogP contribution < -0.4 is 38.9 Å². The maximum Gasteiger partial charge on any atom is 0.326 e. The molecule has 14 N–H and O–H groups in total. The van der Waals surface area contributed by atoms with Crippen molar-refractivity contribution in [1.82, 2.24) is 25.9 Å². The molecule has 0 radical (unpaired) electrons. The molecule has 4 unspecified atom stereocenters. The number of aliphatic hydroxyl groups excluding tert-OH is 1. The Morgan fingerprint density at radius 1 is 1.00 bits per heavy atom. The number of aromatic amines is 1. The number of amides is 4. The number of aliphatic hydroxyl groups is 1. The number of guanidine groups is 1. The van der Waals surface area contributed by atoms with Crippen molar-refractivity contribution < 1.29 is 34.2 Å². The molecule has 17 nitrogen and oxygen atoms in total. The van der Waals surface area contributed by atoms with Crippen molar-refractivity contribution >= 4 is 35.6 Å². The van der Waals surface area contributed by atoms with Gasteiger partial charge in [-0.1, -0.05) is 0 Å². The number of nitrogens with one attached hydrogen (secondary N) is 4. The van der Waals surface area contributed by atoms with Gasteiger partial charge >= 0.3 is 5.97 Å². The third-order valence-corrected chi connectivity index (χ3v) is 4.75. The predicted octanol–water partition coefficient (Wildman–Crippen LogP) is -5.26. The summed E-state index contributed by atoms with van der Waals surface area (Å²) < 4.78 is 0. The van der Waals surface area contributed by atoms with Gasteiger partial charge in [-0.2, -0.15) is 0 Å². The van der Waals surface area contributed by atoms with Crippen LogP contribution in [0.4, 0.5) is 0 Å². The lowest BCUT2D eigenvalue weighted by Crippen LogP contribution is -2.58. The maximum absolute atomic E-state index is 12.9. The van der Waals surface area contributed by atoms with Crippen LogP contribution in [0.1, 0.15) is 25.0 Å². The highest BCUT2D eigenvalue weighted by molar-refractivity contribution is 5.95. The highest BCUT2D eigenvalue weighted by Crippen LogP contribution is 2.03. The zero-order valence-electron chi connectivity index (χ0n) is 19.3. The summed E-state index contributed by atoms with van der Waals surface area (Å²) in [5.41, 5.74) is 22.0. The summed E-state index contributed by atoms with van der Waals surface area (Å²) in [5, 5.41) is 25.4. The molecule has 17 heteroatoms. The molecule has 1 rings (SSSR count). The van der Waals surface area contributed by atoms with Gasteiger partial charge in [-0.15, -0.1) is 0 Å². The molecule has 0 aliphatic carbocycles. The van der Waals surface area contributed by atoms with E-state index in [9.17, 15) is 29.1 Å². The van der Waals surface area contributed by atoms with Gasteiger partial charge in [0, 0.05) is 24.9 Å². The summed E-state index contributed by atoms with van der Waals surface area (Å²) in [4.78, 5) is 70.6. The molecule has 0 aliphatic heterocycles. The number of primary amides is 1. The Hall–Kier alpha value is -4.25. The second-order valence-electron chi connectivity index (χ2n) is 7.71. The minimum Gasteiger partial charge on any atom is -0.480 e. The van der Waals surface area contributed by atoms with Crippen LogP contribution in [0.15, 0.2) is 17.5 Å². The van der Waals surface area contributed by atoms with Crippen LogP contribution in [0, 0.1) is 0 Å². The fourth-order valence-electron chi connectivity index (χ4n) is 2.92. The molecular formula is C19H32N10O7. The van der Waals surface area contributed by atoms with Crippen molar-refractivity contribution in [2.45, 2.75) is 49.9 Å². The topological polar surface area (TPSA) is 307 Å². The van der Waals surface area contributed by atoms with E-state index in [4.69, 9.17) is 28.0 Å². The standard InChI is InChI=1S/C19H32N10O7/c20-10(4-9-6-24-8-26-9)15(32)27-11(2-1-3-25-19(22)23)16(33)29-13(7-30)17(34)28-12(18(35)36)5-14(21)31/h6,8,10-13,30H,1-5,7,20H2,(H2,21,31)(H,24,26)(H,27,32)(H,28,34)(H,29,33)(H,35,36)(H4,22,23,25).